The van der Waals surface area contributed by atoms with Crippen LogP contribution in [0, 0.1) is 5.92 Å². The number of urea groups is 1. The standard InChI is InChI=1S/C12H21N3O5/c1-15-4-2-3-8(7-15)6-13-12(20)14-9(11(18)19)5-10(16)17/h8-9H,2-7H2,1H3,(H,16,17)(H,18,19)(H2,13,14,20). The number of piperidine rings is 1. The van der Waals surface area contributed by atoms with E-state index >= 15 is 0 Å². The highest BCUT2D eigenvalue weighted by molar-refractivity contribution is 5.86. The first-order valence-corrected chi connectivity index (χ1v) is 6.56. The van der Waals surface area contributed by atoms with Gasteiger partial charge in [0.2, 0.25) is 0 Å². The quantitative estimate of drug-likeness (QED) is 0.525. The van der Waals surface area contributed by atoms with Gasteiger partial charge in [0, 0.05) is 13.1 Å². The van der Waals surface area contributed by atoms with Crippen LogP contribution in [0.25, 0.3) is 0 Å². The minimum Gasteiger partial charge on any atom is -0.481 e. The van der Waals surface area contributed by atoms with Crippen LogP contribution in [0.15, 0.2) is 0 Å². The number of hydrogen-bond acceptors (Lipinski definition) is 4. The van der Waals surface area contributed by atoms with Crippen LogP contribution >= 0.6 is 0 Å². The molecule has 1 aliphatic heterocycles. The van der Waals surface area contributed by atoms with Gasteiger partial charge in [0.25, 0.3) is 0 Å². The monoisotopic (exact) mass is 287 g/mol. The number of aliphatic carboxylic acids is 2. The molecule has 0 aromatic rings. The van der Waals surface area contributed by atoms with Gasteiger partial charge in [0.15, 0.2) is 0 Å². The minimum atomic E-state index is -1.42. The summed E-state index contributed by atoms with van der Waals surface area (Å²) in [4.78, 5) is 35.1. The van der Waals surface area contributed by atoms with Gasteiger partial charge in [-0.25, -0.2) is 9.59 Å². The Morgan fingerprint density at radius 3 is 2.60 bits per heavy atom. The fraction of sp³-hybridized carbons (Fsp3) is 0.750. The molecular weight excluding hydrogens is 266 g/mol. The zero-order valence-corrected chi connectivity index (χ0v) is 11.5. The van der Waals surface area contributed by atoms with Crippen LogP contribution in [0.5, 0.6) is 0 Å². The fourth-order valence-corrected chi connectivity index (χ4v) is 2.26. The van der Waals surface area contributed by atoms with Crippen molar-refractivity contribution < 1.29 is 24.6 Å². The van der Waals surface area contributed by atoms with Gasteiger partial charge in [-0.2, -0.15) is 0 Å². The van der Waals surface area contributed by atoms with E-state index < -0.39 is 30.4 Å². The van der Waals surface area contributed by atoms with Crippen molar-refractivity contribution in [1.29, 1.82) is 0 Å². The van der Waals surface area contributed by atoms with E-state index in [-0.39, 0.29) is 0 Å². The Hall–Kier alpha value is -1.83. The van der Waals surface area contributed by atoms with Crippen molar-refractivity contribution in [1.82, 2.24) is 15.5 Å². The van der Waals surface area contributed by atoms with Crippen molar-refractivity contribution >= 4 is 18.0 Å². The molecular formula is C12H21N3O5. The second-order valence-corrected chi connectivity index (χ2v) is 5.11. The van der Waals surface area contributed by atoms with Gasteiger partial charge in [-0.05, 0) is 32.4 Å². The molecule has 8 heteroatoms. The van der Waals surface area contributed by atoms with Crippen molar-refractivity contribution in [3.05, 3.63) is 0 Å². The lowest BCUT2D eigenvalue weighted by molar-refractivity contribution is -0.145. The molecule has 1 aliphatic rings. The molecule has 2 unspecified atom stereocenters. The van der Waals surface area contributed by atoms with E-state index in [1.165, 1.54) is 0 Å². The SMILES string of the molecule is CN1CCCC(CNC(=O)NC(CC(=O)O)C(=O)O)C1. The highest BCUT2D eigenvalue weighted by atomic mass is 16.4. The van der Waals surface area contributed by atoms with E-state index in [1.54, 1.807) is 0 Å². The predicted molar refractivity (Wildman–Crippen MR) is 70.4 cm³/mol. The minimum absolute atomic E-state index is 0.335. The molecule has 114 valence electrons. The third kappa shape index (κ3) is 5.87. The van der Waals surface area contributed by atoms with E-state index in [2.05, 4.69) is 15.5 Å². The lowest BCUT2D eigenvalue weighted by Gasteiger charge is -2.29. The Labute approximate surface area is 117 Å². The Kier molecular flexibility index (Phi) is 6.23. The normalized spacial score (nSPS) is 20.9. The van der Waals surface area contributed by atoms with E-state index in [0.29, 0.717) is 12.5 Å². The molecule has 1 heterocycles. The van der Waals surface area contributed by atoms with Crippen molar-refractivity contribution in [3.63, 3.8) is 0 Å². The van der Waals surface area contributed by atoms with Crippen LogP contribution in [0.1, 0.15) is 19.3 Å². The number of amides is 2. The van der Waals surface area contributed by atoms with Crippen molar-refractivity contribution in [2.45, 2.75) is 25.3 Å². The third-order valence-corrected chi connectivity index (χ3v) is 3.26. The molecule has 0 saturated carbocycles. The first-order chi connectivity index (χ1) is 9.38. The van der Waals surface area contributed by atoms with Crippen LogP contribution < -0.4 is 10.6 Å². The largest absolute Gasteiger partial charge is 0.481 e. The Bertz CT molecular complexity index is 374. The summed E-state index contributed by atoms with van der Waals surface area (Å²) in [5, 5.41) is 22.1. The molecule has 20 heavy (non-hydrogen) atoms. The van der Waals surface area contributed by atoms with Gasteiger partial charge in [0.1, 0.15) is 6.04 Å². The number of carbonyl (C=O) groups is 3. The van der Waals surface area contributed by atoms with Gasteiger partial charge in [-0.3, -0.25) is 4.79 Å². The summed E-state index contributed by atoms with van der Waals surface area (Å²) in [6.07, 6.45) is 1.44. The zero-order chi connectivity index (χ0) is 15.1. The van der Waals surface area contributed by atoms with E-state index in [4.69, 9.17) is 10.2 Å². The highest BCUT2D eigenvalue weighted by Gasteiger charge is 2.23. The lowest BCUT2D eigenvalue weighted by Crippen LogP contribution is -2.49. The average molecular weight is 287 g/mol. The number of nitrogens with one attached hydrogen (secondary N) is 2. The molecule has 0 spiro atoms. The summed E-state index contributed by atoms with van der Waals surface area (Å²) in [5.41, 5.74) is 0. The molecule has 0 aliphatic carbocycles. The number of hydrogen-bond donors (Lipinski definition) is 4. The van der Waals surface area contributed by atoms with Gasteiger partial charge >= 0.3 is 18.0 Å². The number of rotatable bonds is 6. The zero-order valence-electron chi connectivity index (χ0n) is 11.5. The van der Waals surface area contributed by atoms with Crippen molar-refractivity contribution in [2.24, 2.45) is 5.92 Å². The van der Waals surface area contributed by atoms with E-state index in [9.17, 15) is 14.4 Å². The molecule has 8 nitrogen and oxygen atoms in total. The van der Waals surface area contributed by atoms with Gasteiger partial charge in [0.05, 0.1) is 6.42 Å². The Morgan fingerprint density at radius 1 is 1.35 bits per heavy atom. The fourth-order valence-electron chi connectivity index (χ4n) is 2.26. The van der Waals surface area contributed by atoms with Crippen LogP contribution in [-0.2, 0) is 9.59 Å². The molecule has 4 N–H and O–H groups in total. The molecule has 1 fully saturated rings. The smallest absolute Gasteiger partial charge is 0.326 e. The van der Waals surface area contributed by atoms with E-state index in [1.807, 2.05) is 7.05 Å². The average Bonchev–Trinajstić information content (AvgIpc) is 2.35. The van der Waals surface area contributed by atoms with Crippen LogP contribution in [0.4, 0.5) is 4.79 Å². The molecule has 1 rings (SSSR count). The molecule has 2 amide bonds. The topological polar surface area (TPSA) is 119 Å². The first-order valence-electron chi connectivity index (χ1n) is 6.56. The summed E-state index contributed by atoms with van der Waals surface area (Å²) in [5.74, 6) is -2.30. The second-order valence-electron chi connectivity index (χ2n) is 5.11. The van der Waals surface area contributed by atoms with Crippen LogP contribution in [0.2, 0.25) is 0 Å². The Morgan fingerprint density at radius 2 is 2.05 bits per heavy atom. The molecule has 0 aromatic heterocycles. The maximum atomic E-state index is 11.6. The molecule has 1 saturated heterocycles. The molecule has 0 aromatic carbocycles. The summed E-state index contributed by atoms with van der Waals surface area (Å²) in [7, 11) is 2.01. The van der Waals surface area contributed by atoms with E-state index in [0.717, 1.165) is 25.9 Å². The highest BCUT2D eigenvalue weighted by Crippen LogP contribution is 2.13. The second kappa shape index (κ2) is 7.68. The first kappa shape index (κ1) is 16.2. The van der Waals surface area contributed by atoms with Crippen LogP contribution in [-0.4, -0.2) is 65.8 Å². The predicted octanol–water partition coefficient (Wildman–Crippen LogP) is -0.445. The van der Waals surface area contributed by atoms with Gasteiger partial charge in [-0.15, -0.1) is 0 Å². The molecule has 2 atom stereocenters. The number of nitrogens with zero attached hydrogens (tertiary/aromatic N) is 1. The van der Waals surface area contributed by atoms with Gasteiger partial charge < -0.3 is 25.7 Å². The third-order valence-electron chi connectivity index (χ3n) is 3.26. The summed E-state index contributed by atoms with van der Waals surface area (Å²) in [6, 6.07) is -2.06. The molecule has 0 radical (unpaired) electrons. The summed E-state index contributed by atoms with van der Waals surface area (Å²) >= 11 is 0. The lowest BCUT2D eigenvalue weighted by atomic mass is 9.99. The number of carboxylic acid groups (broad SMARTS) is 2. The molecule has 0 bridgehead atoms. The number of carbonyl (C=O) groups excluding carboxylic acids is 1. The summed E-state index contributed by atoms with van der Waals surface area (Å²) < 4.78 is 0. The van der Waals surface area contributed by atoms with Crippen molar-refractivity contribution in [2.75, 3.05) is 26.7 Å². The van der Waals surface area contributed by atoms with Crippen molar-refractivity contribution in [3.8, 4) is 0 Å². The maximum absolute atomic E-state index is 11.6. The Balaban J connectivity index is 2.34. The number of likely N-dealkylation sites (tertiary alicyclic amines) is 1. The van der Waals surface area contributed by atoms with Crippen LogP contribution in [0.3, 0.4) is 0 Å². The summed E-state index contributed by atoms with van der Waals surface area (Å²) in [6.45, 7) is 2.38. The van der Waals surface area contributed by atoms with Gasteiger partial charge in [-0.1, -0.05) is 0 Å². The maximum Gasteiger partial charge on any atom is 0.326 e. The number of carboxylic acids is 2.